The van der Waals surface area contributed by atoms with Crippen molar-refractivity contribution in [1.82, 2.24) is 0 Å². The Labute approximate surface area is 133 Å². The molecule has 21 heavy (non-hydrogen) atoms. The van der Waals surface area contributed by atoms with E-state index in [9.17, 15) is 4.39 Å². The average molecular weight is 325 g/mol. The standard InChI is InChI=1S/C15H14ClFN2OS/c1-2-20-12-6-3-10(4-7-12)18-15(21)19-11-5-8-13(16)14(17)9-11/h3-9H,2H2,1H3,(H2,18,19,21). The third kappa shape index (κ3) is 4.58. The molecule has 0 heterocycles. The van der Waals surface area contributed by atoms with Crippen LogP contribution in [0.1, 0.15) is 6.92 Å². The largest absolute Gasteiger partial charge is 0.494 e. The molecule has 110 valence electrons. The topological polar surface area (TPSA) is 33.3 Å². The van der Waals surface area contributed by atoms with Gasteiger partial charge in [-0.05, 0) is 61.6 Å². The molecule has 0 aliphatic heterocycles. The van der Waals surface area contributed by atoms with Crippen molar-refractivity contribution < 1.29 is 9.13 Å². The molecule has 0 fully saturated rings. The van der Waals surface area contributed by atoms with Crippen molar-refractivity contribution in [1.29, 1.82) is 0 Å². The minimum absolute atomic E-state index is 0.0749. The number of rotatable bonds is 4. The highest BCUT2D eigenvalue weighted by molar-refractivity contribution is 7.80. The molecule has 2 aromatic rings. The number of ether oxygens (including phenoxy) is 1. The van der Waals surface area contributed by atoms with Gasteiger partial charge < -0.3 is 15.4 Å². The zero-order chi connectivity index (χ0) is 15.2. The highest BCUT2D eigenvalue weighted by Crippen LogP contribution is 2.19. The number of hydrogen-bond acceptors (Lipinski definition) is 2. The van der Waals surface area contributed by atoms with E-state index in [0.29, 0.717) is 17.4 Å². The van der Waals surface area contributed by atoms with E-state index in [2.05, 4.69) is 10.6 Å². The summed E-state index contributed by atoms with van der Waals surface area (Å²) in [7, 11) is 0. The SMILES string of the molecule is CCOc1ccc(NC(=S)Nc2ccc(Cl)c(F)c2)cc1. The van der Waals surface area contributed by atoms with E-state index in [1.54, 1.807) is 6.07 Å². The van der Waals surface area contributed by atoms with Crippen molar-refractivity contribution in [2.45, 2.75) is 6.92 Å². The molecule has 0 radical (unpaired) electrons. The summed E-state index contributed by atoms with van der Waals surface area (Å²) in [5.74, 6) is 0.298. The van der Waals surface area contributed by atoms with Gasteiger partial charge in [0.05, 0.1) is 11.6 Å². The molecule has 0 saturated carbocycles. The Morgan fingerprint density at radius 3 is 2.38 bits per heavy atom. The number of thiocarbonyl (C=S) groups is 1. The van der Waals surface area contributed by atoms with Crippen LogP contribution in [-0.2, 0) is 0 Å². The molecule has 0 spiro atoms. The lowest BCUT2D eigenvalue weighted by Gasteiger charge is -2.11. The Bertz CT molecular complexity index is 634. The van der Waals surface area contributed by atoms with Crippen LogP contribution in [0.15, 0.2) is 42.5 Å². The Hall–Kier alpha value is -1.85. The predicted octanol–water partition coefficient (Wildman–Crippen LogP) is 4.69. The molecule has 0 amide bonds. The van der Waals surface area contributed by atoms with Gasteiger partial charge >= 0.3 is 0 Å². The maximum Gasteiger partial charge on any atom is 0.175 e. The van der Waals surface area contributed by atoms with Gasteiger partial charge in [-0.15, -0.1) is 0 Å². The van der Waals surface area contributed by atoms with E-state index in [1.165, 1.54) is 12.1 Å². The molecule has 0 bridgehead atoms. The molecule has 6 heteroatoms. The predicted molar refractivity (Wildman–Crippen MR) is 88.9 cm³/mol. The quantitative estimate of drug-likeness (QED) is 0.800. The molecule has 0 saturated heterocycles. The molecule has 2 rings (SSSR count). The van der Waals surface area contributed by atoms with Gasteiger partial charge in [0.2, 0.25) is 0 Å². The van der Waals surface area contributed by atoms with Crippen LogP contribution in [0.2, 0.25) is 5.02 Å². The number of benzene rings is 2. The number of hydrogen-bond donors (Lipinski definition) is 2. The van der Waals surface area contributed by atoms with Gasteiger partial charge in [0.1, 0.15) is 11.6 Å². The number of halogens is 2. The normalized spacial score (nSPS) is 10.0. The molecule has 2 N–H and O–H groups in total. The third-order valence-electron chi connectivity index (χ3n) is 2.60. The van der Waals surface area contributed by atoms with Gasteiger partial charge in [-0.3, -0.25) is 0 Å². The fourth-order valence-electron chi connectivity index (χ4n) is 1.67. The van der Waals surface area contributed by atoms with Crippen LogP contribution in [0.3, 0.4) is 0 Å². The second-order valence-corrected chi connectivity index (χ2v) is 4.98. The number of nitrogens with one attached hydrogen (secondary N) is 2. The Morgan fingerprint density at radius 1 is 1.14 bits per heavy atom. The van der Waals surface area contributed by atoms with Crippen LogP contribution < -0.4 is 15.4 Å². The number of anilines is 2. The summed E-state index contributed by atoms with van der Waals surface area (Å²) in [4.78, 5) is 0. The molecule has 0 atom stereocenters. The van der Waals surface area contributed by atoms with E-state index in [1.807, 2.05) is 31.2 Å². The maximum absolute atomic E-state index is 13.3. The summed E-state index contributed by atoms with van der Waals surface area (Å²) >= 11 is 10.8. The van der Waals surface area contributed by atoms with Gasteiger partial charge in [-0.1, -0.05) is 11.6 Å². The van der Waals surface area contributed by atoms with Gasteiger partial charge in [0.15, 0.2) is 5.11 Å². The molecular weight excluding hydrogens is 311 g/mol. The molecule has 2 aromatic carbocycles. The van der Waals surface area contributed by atoms with Gasteiger partial charge in [0.25, 0.3) is 0 Å². The van der Waals surface area contributed by atoms with Gasteiger partial charge in [0, 0.05) is 11.4 Å². The molecule has 0 aliphatic carbocycles. The monoisotopic (exact) mass is 324 g/mol. The lowest BCUT2D eigenvalue weighted by Crippen LogP contribution is -2.19. The summed E-state index contributed by atoms with van der Waals surface area (Å²) in [6, 6.07) is 11.8. The summed E-state index contributed by atoms with van der Waals surface area (Å²) in [6.45, 7) is 2.55. The summed E-state index contributed by atoms with van der Waals surface area (Å²) in [6.07, 6.45) is 0. The highest BCUT2D eigenvalue weighted by Gasteiger charge is 2.03. The maximum atomic E-state index is 13.3. The molecule has 0 unspecified atom stereocenters. The Morgan fingerprint density at radius 2 is 1.76 bits per heavy atom. The van der Waals surface area contributed by atoms with Crippen LogP contribution in [0.4, 0.5) is 15.8 Å². The van der Waals surface area contributed by atoms with E-state index >= 15 is 0 Å². The molecule has 3 nitrogen and oxygen atoms in total. The Balaban J connectivity index is 1.96. The smallest absolute Gasteiger partial charge is 0.175 e. The lowest BCUT2D eigenvalue weighted by atomic mass is 10.3. The second kappa shape index (κ2) is 7.24. The lowest BCUT2D eigenvalue weighted by molar-refractivity contribution is 0.340. The van der Waals surface area contributed by atoms with Crippen LogP contribution in [0.25, 0.3) is 0 Å². The van der Waals surface area contributed by atoms with E-state index in [4.69, 9.17) is 28.6 Å². The first-order valence-corrected chi connectivity index (χ1v) is 7.13. The van der Waals surface area contributed by atoms with Crippen LogP contribution >= 0.6 is 23.8 Å². The zero-order valence-electron chi connectivity index (χ0n) is 11.3. The van der Waals surface area contributed by atoms with Crippen molar-refractivity contribution in [3.63, 3.8) is 0 Å². The van der Waals surface area contributed by atoms with Crippen molar-refractivity contribution in [2.24, 2.45) is 0 Å². The van der Waals surface area contributed by atoms with E-state index in [-0.39, 0.29) is 5.02 Å². The first kappa shape index (κ1) is 15.5. The van der Waals surface area contributed by atoms with Gasteiger partial charge in [-0.2, -0.15) is 0 Å². The fraction of sp³-hybridized carbons (Fsp3) is 0.133. The first-order valence-electron chi connectivity index (χ1n) is 6.34. The minimum Gasteiger partial charge on any atom is -0.494 e. The minimum atomic E-state index is -0.495. The van der Waals surface area contributed by atoms with Crippen molar-refractivity contribution in [3.8, 4) is 5.75 Å². The van der Waals surface area contributed by atoms with Crippen LogP contribution in [0.5, 0.6) is 5.75 Å². The summed E-state index contributed by atoms with van der Waals surface area (Å²) < 4.78 is 18.7. The van der Waals surface area contributed by atoms with E-state index < -0.39 is 5.82 Å². The fourth-order valence-corrected chi connectivity index (χ4v) is 2.02. The van der Waals surface area contributed by atoms with Crippen LogP contribution in [-0.4, -0.2) is 11.7 Å². The Kier molecular flexibility index (Phi) is 5.36. The summed E-state index contributed by atoms with van der Waals surface area (Å²) in [5, 5.41) is 6.33. The first-order chi connectivity index (χ1) is 10.1. The third-order valence-corrected chi connectivity index (χ3v) is 3.11. The van der Waals surface area contributed by atoms with Gasteiger partial charge in [-0.25, -0.2) is 4.39 Å². The van der Waals surface area contributed by atoms with E-state index in [0.717, 1.165) is 11.4 Å². The molecule has 0 aromatic heterocycles. The molecular formula is C15H14ClFN2OS. The van der Waals surface area contributed by atoms with Crippen molar-refractivity contribution >= 4 is 40.3 Å². The van der Waals surface area contributed by atoms with Crippen molar-refractivity contribution in [3.05, 3.63) is 53.3 Å². The molecule has 0 aliphatic rings. The average Bonchev–Trinajstić information content (AvgIpc) is 2.45. The van der Waals surface area contributed by atoms with Crippen molar-refractivity contribution in [2.75, 3.05) is 17.2 Å². The second-order valence-electron chi connectivity index (χ2n) is 4.17. The summed E-state index contributed by atoms with van der Waals surface area (Å²) in [5.41, 5.74) is 1.34. The van der Waals surface area contributed by atoms with Crippen LogP contribution in [0, 0.1) is 5.82 Å². The highest BCUT2D eigenvalue weighted by atomic mass is 35.5. The zero-order valence-corrected chi connectivity index (χ0v) is 12.9.